The Hall–Kier alpha value is -1.37. The van der Waals surface area contributed by atoms with Gasteiger partial charge in [0.05, 0.1) is 19.7 Å². The molecular weight excluding hydrogens is 308 g/mol. The number of nitrogens with zero attached hydrogens (tertiary/aromatic N) is 2. The molecule has 1 amide bonds. The largest absolute Gasteiger partial charge is 0.455 e. The summed E-state index contributed by atoms with van der Waals surface area (Å²) in [6.45, 7) is 5.58. The highest BCUT2D eigenvalue weighted by atomic mass is 16.4. The molecule has 1 aromatic heterocycles. The molecule has 3 heterocycles. The second kappa shape index (κ2) is 7.25. The molecule has 2 aliphatic heterocycles. The number of hydrogen-bond acceptors (Lipinski definition) is 5. The molecule has 134 valence electrons. The smallest absolute Gasteiger partial charge is 0.289 e. The van der Waals surface area contributed by atoms with Crippen LogP contribution in [-0.4, -0.2) is 64.3 Å². The summed E-state index contributed by atoms with van der Waals surface area (Å²) in [5.41, 5.74) is -1.19. The number of piperidine rings is 2. The minimum Gasteiger partial charge on any atom is -0.455 e. The molecule has 0 saturated carbocycles. The third kappa shape index (κ3) is 3.99. The van der Waals surface area contributed by atoms with Crippen molar-refractivity contribution in [2.24, 2.45) is 5.92 Å². The molecule has 1 unspecified atom stereocenters. The van der Waals surface area contributed by atoms with Crippen molar-refractivity contribution in [1.29, 1.82) is 0 Å². The van der Waals surface area contributed by atoms with E-state index in [0.29, 0.717) is 25.1 Å². The van der Waals surface area contributed by atoms with Gasteiger partial charge in [0.25, 0.3) is 5.91 Å². The van der Waals surface area contributed by atoms with Gasteiger partial charge in [0.1, 0.15) is 11.4 Å². The Balaban J connectivity index is 1.59. The summed E-state index contributed by atoms with van der Waals surface area (Å²) in [5, 5.41) is 19.5. The summed E-state index contributed by atoms with van der Waals surface area (Å²) in [6.07, 6.45) is 3.62. The van der Waals surface area contributed by atoms with Gasteiger partial charge >= 0.3 is 0 Å². The number of carbonyl (C=O) groups excluding carboxylic acids is 1. The van der Waals surface area contributed by atoms with Gasteiger partial charge in [-0.1, -0.05) is 6.92 Å². The fraction of sp³-hybridized carbons (Fsp3) is 0.722. The van der Waals surface area contributed by atoms with Gasteiger partial charge in [0.2, 0.25) is 0 Å². The van der Waals surface area contributed by atoms with Crippen LogP contribution >= 0.6 is 0 Å². The van der Waals surface area contributed by atoms with E-state index in [2.05, 4.69) is 11.8 Å². The summed E-state index contributed by atoms with van der Waals surface area (Å²) >= 11 is 0. The lowest BCUT2D eigenvalue weighted by molar-refractivity contribution is -0.0603. The summed E-state index contributed by atoms with van der Waals surface area (Å²) in [4.78, 5) is 16.5. The molecule has 24 heavy (non-hydrogen) atoms. The first-order valence-corrected chi connectivity index (χ1v) is 8.93. The monoisotopic (exact) mass is 336 g/mol. The maximum atomic E-state index is 12.6. The Kier molecular flexibility index (Phi) is 5.27. The molecule has 2 saturated heterocycles. The van der Waals surface area contributed by atoms with E-state index in [4.69, 9.17) is 4.42 Å². The number of aliphatic hydroxyl groups excluding tert-OH is 1. The summed E-state index contributed by atoms with van der Waals surface area (Å²) in [7, 11) is 0. The lowest BCUT2D eigenvalue weighted by atomic mass is 9.93. The lowest BCUT2D eigenvalue weighted by Gasteiger charge is -2.37. The first-order chi connectivity index (χ1) is 11.5. The molecule has 1 atom stereocenters. The summed E-state index contributed by atoms with van der Waals surface area (Å²) in [6, 6.07) is 3.59. The minimum atomic E-state index is -1.19. The summed E-state index contributed by atoms with van der Waals surface area (Å²) in [5.74, 6) is 1.71. The number of likely N-dealkylation sites (tertiary alicyclic amines) is 2. The van der Waals surface area contributed by atoms with Crippen LogP contribution in [0.15, 0.2) is 16.5 Å². The Morgan fingerprint density at radius 1 is 1.33 bits per heavy atom. The lowest BCUT2D eigenvalue weighted by Crippen LogP contribution is -2.52. The maximum Gasteiger partial charge on any atom is 0.289 e. The quantitative estimate of drug-likeness (QED) is 0.871. The van der Waals surface area contributed by atoms with E-state index >= 15 is 0 Å². The maximum absolute atomic E-state index is 12.6. The second-order valence-electron chi connectivity index (χ2n) is 7.44. The Bertz CT molecular complexity index is 565. The van der Waals surface area contributed by atoms with Crippen molar-refractivity contribution in [1.82, 2.24) is 9.80 Å². The van der Waals surface area contributed by atoms with Gasteiger partial charge in [-0.25, -0.2) is 0 Å². The zero-order chi connectivity index (χ0) is 17.2. The number of amides is 1. The Morgan fingerprint density at radius 2 is 2.08 bits per heavy atom. The van der Waals surface area contributed by atoms with Crippen molar-refractivity contribution < 1.29 is 19.4 Å². The predicted molar refractivity (Wildman–Crippen MR) is 89.6 cm³/mol. The van der Waals surface area contributed by atoms with Crippen LogP contribution in [0, 0.1) is 5.92 Å². The van der Waals surface area contributed by atoms with E-state index in [0.717, 1.165) is 31.3 Å². The molecule has 6 heteroatoms. The average Bonchev–Trinajstić information content (AvgIpc) is 3.05. The van der Waals surface area contributed by atoms with E-state index in [1.165, 1.54) is 12.8 Å². The molecule has 2 fully saturated rings. The Morgan fingerprint density at radius 3 is 2.79 bits per heavy atom. The summed E-state index contributed by atoms with van der Waals surface area (Å²) < 4.78 is 5.75. The highest BCUT2D eigenvalue weighted by Crippen LogP contribution is 2.23. The van der Waals surface area contributed by atoms with Crippen molar-refractivity contribution in [2.45, 2.75) is 44.8 Å². The molecule has 0 radical (unpaired) electrons. The van der Waals surface area contributed by atoms with E-state index < -0.39 is 5.60 Å². The number of β-amino-alcohol motifs (C(OH)–C–C–N with tert-alkyl or cyclic N) is 1. The van der Waals surface area contributed by atoms with E-state index in [1.807, 2.05) is 6.07 Å². The van der Waals surface area contributed by atoms with Gasteiger partial charge in [-0.15, -0.1) is 0 Å². The van der Waals surface area contributed by atoms with Crippen LogP contribution in [0.5, 0.6) is 0 Å². The highest BCUT2D eigenvalue weighted by molar-refractivity contribution is 5.91. The standard InChI is InChI=1S/C18H28N2O4/c1-14-5-9-19(10-6-14)11-15-3-4-16(24-15)17(22)20-8-2-7-18(23,12-20)13-21/h3-4,14,21,23H,2,5-13H2,1H3. The van der Waals surface area contributed by atoms with Crippen LogP contribution in [0.2, 0.25) is 0 Å². The van der Waals surface area contributed by atoms with E-state index in [9.17, 15) is 15.0 Å². The Labute approximate surface area is 143 Å². The van der Waals surface area contributed by atoms with Gasteiger partial charge in [0.15, 0.2) is 5.76 Å². The van der Waals surface area contributed by atoms with Crippen LogP contribution in [-0.2, 0) is 6.54 Å². The second-order valence-corrected chi connectivity index (χ2v) is 7.44. The van der Waals surface area contributed by atoms with E-state index in [1.54, 1.807) is 11.0 Å². The zero-order valence-corrected chi connectivity index (χ0v) is 14.4. The molecule has 0 aromatic carbocycles. The molecular formula is C18H28N2O4. The number of aliphatic hydroxyl groups is 2. The van der Waals surface area contributed by atoms with Crippen molar-refractivity contribution in [2.75, 3.05) is 32.8 Å². The van der Waals surface area contributed by atoms with Gasteiger partial charge in [-0.3, -0.25) is 9.69 Å². The predicted octanol–water partition coefficient (Wildman–Crippen LogP) is 1.47. The molecule has 3 rings (SSSR count). The van der Waals surface area contributed by atoms with Crippen LogP contribution in [0.3, 0.4) is 0 Å². The van der Waals surface area contributed by atoms with Crippen molar-refractivity contribution in [3.63, 3.8) is 0 Å². The SMILES string of the molecule is CC1CCN(Cc2ccc(C(=O)N3CCCC(O)(CO)C3)o2)CC1. The number of furan rings is 1. The first kappa shape index (κ1) is 17.5. The van der Waals surface area contributed by atoms with Crippen molar-refractivity contribution in [3.05, 3.63) is 23.7 Å². The van der Waals surface area contributed by atoms with Crippen molar-refractivity contribution >= 4 is 5.91 Å². The third-order valence-corrected chi connectivity index (χ3v) is 5.27. The van der Waals surface area contributed by atoms with Gasteiger partial charge in [-0.2, -0.15) is 0 Å². The molecule has 1 aromatic rings. The van der Waals surface area contributed by atoms with Crippen LogP contribution in [0.4, 0.5) is 0 Å². The zero-order valence-electron chi connectivity index (χ0n) is 14.4. The van der Waals surface area contributed by atoms with Crippen LogP contribution in [0.1, 0.15) is 48.9 Å². The highest BCUT2D eigenvalue weighted by Gasteiger charge is 2.35. The normalized spacial score (nSPS) is 26.7. The van der Waals surface area contributed by atoms with Crippen LogP contribution in [0.25, 0.3) is 0 Å². The molecule has 2 N–H and O–H groups in total. The fourth-order valence-electron chi connectivity index (χ4n) is 3.59. The molecule has 6 nitrogen and oxygen atoms in total. The number of hydrogen-bond donors (Lipinski definition) is 2. The third-order valence-electron chi connectivity index (χ3n) is 5.27. The van der Waals surface area contributed by atoms with Gasteiger partial charge in [-0.05, 0) is 56.8 Å². The molecule has 0 spiro atoms. The van der Waals surface area contributed by atoms with Crippen LogP contribution < -0.4 is 0 Å². The number of carbonyl (C=O) groups is 1. The molecule has 0 aliphatic carbocycles. The van der Waals surface area contributed by atoms with Crippen molar-refractivity contribution in [3.8, 4) is 0 Å². The first-order valence-electron chi connectivity index (χ1n) is 8.93. The van der Waals surface area contributed by atoms with E-state index in [-0.39, 0.29) is 19.1 Å². The minimum absolute atomic E-state index is 0.155. The molecule has 2 aliphatic rings. The average molecular weight is 336 g/mol. The molecule has 0 bridgehead atoms. The van der Waals surface area contributed by atoms with Gasteiger partial charge in [0, 0.05) is 6.54 Å². The van der Waals surface area contributed by atoms with Gasteiger partial charge < -0.3 is 19.5 Å². The number of rotatable bonds is 4. The fourth-order valence-corrected chi connectivity index (χ4v) is 3.59. The topological polar surface area (TPSA) is 77.2 Å².